The van der Waals surface area contributed by atoms with Gasteiger partial charge in [0.15, 0.2) is 5.54 Å². The summed E-state index contributed by atoms with van der Waals surface area (Å²) in [7, 11) is 0. The number of carbonyl (C=O) groups is 2. The Hall–Kier alpha value is -1.40. The van der Waals surface area contributed by atoms with Gasteiger partial charge >= 0.3 is 5.97 Å². The Morgan fingerprint density at radius 3 is 2.82 bits per heavy atom. The lowest BCUT2D eigenvalue weighted by molar-refractivity contribution is -0.176. The molecule has 2 fully saturated rings. The molecule has 0 bridgehead atoms. The van der Waals surface area contributed by atoms with Crippen LogP contribution in [0.1, 0.15) is 39.5 Å². The Morgan fingerprint density at radius 1 is 1.50 bits per heavy atom. The van der Waals surface area contributed by atoms with E-state index >= 15 is 0 Å². The maximum absolute atomic E-state index is 12.3. The molecule has 5 atom stereocenters. The topological polar surface area (TPSA) is 95.9 Å². The van der Waals surface area contributed by atoms with Crippen molar-refractivity contribution in [1.82, 2.24) is 5.32 Å². The van der Waals surface area contributed by atoms with Crippen LogP contribution in [0.3, 0.4) is 0 Å². The van der Waals surface area contributed by atoms with Gasteiger partial charge in [0, 0.05) is 12.0 Å². The van der Waals surface area contributed by atoms with Crippen molar-refractivity contribution in [3.05, 3.63) is 12.2 Å². The average molecular weight is 309 g/mol. The number of aliphatic hydroxyl groups excluding tert-OH is 1. The van der Waals surface area contributed by atoms with Crippen LogP contribution in [-0.4, -0.2) is 45.9 Å². The Balaban J connectivity index is 2.10. The van der Waals surface area contributed by atoms with E-state index in [0.29, 0.717) is 19.4 Å². The van der Waals surface area contributed by atoms with Crippen LogP contribution in [0.25, 0.3) is 0 Å². The van der Waals surface area contributed by atoms with Crippen LogP contribution in [0.15, 0.2) is 12.2 Å². The predicted octanol–water partition coefficient (Wildman–Crippen LogP) is 0.842. The van der Waals surface area contributed by atoms with E-state index in [2.05, 4.69) is 5.32 Å². The monoisotopic (exact) mass is 309 g/mol. The largest absolute Gasteiger partial charge is 0.479 e. The molecule has 22 heavy (non-hydrogen) atoms. The first-order chi connectivity index (χ1) is 10.3. The number of fused-ring (bicyclic) bond motifs is 1. The third-order valence-corrected chi connectivity index (χ3v) is 5.85. The lowest BCUT2D eigenvalue weighted by Crippen LogP contribution is -2.71. The summed E-state index contributed by atoms with van der Waals surface area (Å²) >= 11 is 0. The van der Waals surface area contributed by atoms with Gasteiger partial charge in [0.25, 0.3) is 0 Å². The minimum Gasteiger partial charge on any atom is -0.479 e. The van der Waals surface area contributed by atoms with Crippen molar-refractivity contribution >= 4 is 11.9 Å². The van der Waals surface area contributed by atoms with Crippen LogP contribution < -0.4 is 5.32 Å². The first-order valence-corrected chi connectivity index (χ1v) is 7.83. The highest BCUT2D eigenvalue weighted by atomic mass is 16.5. The molecule has 6 nitrogen and oxygen atoms in total. The Labute approximate surface area is 129 Å². The number of ether oxygens (including phenoxy) is 1. The molecule has 6 heteroatoms. The van der Waals surface area contributed by atoms with Crippen molar-refractivity contribution in [2.75, 3.05) is 6.61 Å². The molecule has 1 amide bonds. The summed E-state index contributed by atoms with van der Waals surface area (Å²) < 4.78 is 5.72. The van der Waals surface area contributed by atoms with Gasteiger partial charge < -0.3 is 20.3 Å². The van der Waals surface area contributed by atoms with Crippen molar-refractivity contribution in [2.24, 2.45) is 11.3 Å². The number of carboxylic acid groups (broad SMARTS) is 1. The van der Waals surface area contributed by atoms with E-state index in [4.69, 9.17) is 4.74 Å². The Morgan fingerprint density at radius 2 is 2.23 bits per heavy atom. The highest BCUT2D eigenvalue weighted by Gasteiger charge is 2.73. The van der Waals surface area contributed by atoms with Crippen LogP contribution in [-0.2, 0) is 14.3 Å². The van der Waals surface area contributed by atoms with Crippen LogP contribution in [0.5, 0.6) is 0 Å². The molecule has 0 unspecified atom stereocenters. The number of allylic oxidation sites excluding steroid dienone is 1. The summed E-state index contributed by atoms with van der Waals surface area (Å²) in [5.41, 5.74) is -3.75. The zero-order valence-electron chi connectivity index (χ0n) is 13.0. The van der Waals surface area contributed by atoms with Crippen molar-refractivity contribution in [2.45, 2.75) is 56.8 Å². The van der Waals surface area contributed by atoms with Gasteiger partial charge in [-0.25, -0.2) is 4.79 Å². The van der Waals surface area contributed by atoms with Crippen LogP contribution in [0.4, 0.5) is 0 Å². The number of hydrogen-bond acceptors (Lipinski definition) is 4. The molecule has 0 aromatic rings. The average Bonchev–Trinajstić information content (AvgIpc) is 2.95. The van der Waals surface area contributed by atoms with Gasteiger partial charge in [0.1, 0.15) is 5.60 Å². The summed E-state index contributed by atoms with van der Waals surface area (Å²) in [5, 5.41) is 23.6. The summed E-state index contributed by atoms with van der Waals surface area (Å²) in [6.45, 7) is 3.81. The normalized spacial score (nSPS) is 45.4. The molecular weight excluding hydrogens is 286 g/mol. The van der Waals surface area contributed by atoms with E-state index in [9.17, 15) is 19.8 Å². The van der Waals surface area contributed by atoms with Gasteiger partial charge in [-0.1, -0.05) is 19.1 Å². The van der Waals surface area contributed by atoms with Crippen LogP contribution in [0, 0.1) is 11.3 Å². The molecule has 2 heterocycles. The number of nitrogens with one attached hydrogen (secondary N) is 1. The Kier molecular flexibility index (Phi) is 3.38. The van der Waals surface area contributed by atoms with Gasteiger partial charge in [-0.05, 0) is 32.6 Å². The third kappa shape index (κ3) is 1.74. The second-order valence-electron chi connectivity index (χ2n) is 7.10. The fourth-order valence-electron chi connectivity index (χ4n) is 4.42. The number of aliphatic carboxylic acids is 1. The number of hydrogen-bond donors (Lipinski definition) is 3. The SMILES string of the molecule is C[C@]12OCC[C@H]1C(=O)N[C@]2(C(=O)O)[C@@H](O)[C@]1(C)C=CCCC1. The van der Waals surface area contributed by atoms with Crippen molar-refractivity contribution in [3.8, 4) is 0 Å². The highest BCUT2D eigenvalue weighted by Crippen LogP contribution is 2.51. The summed E-state index contributed by atoms with van der Waals surface area (Å²) in [6.07, 6.45) is 5.55. The smallest absolute Gasteiger partial charge is 0.335 e. The molecule has 0 aromatic carbocycles. The van der Waals surface area contributed by atoms with Crippen LogP contribution in [0.2, 0.25) is 0 Å². The molecule has 0 spiro atoms. The van der Waals surface area contributed by atoms with Gasteiger partial charge in [-0.3, -0.25) is 4.79 Å². The summed E-state index contributed by atoms with van der Waals surface area (Å²) in [4.78, 5) is 24.5. The predicted molar refractivity (Wildman–Crippen MR) is 78.1 cm³/mol. The van der Waals surface area contributed by atoms with Gasteiger partial charge in [0.05, 0.1) is 12.0 Å². The minimum absolute atomic E-state index is 0.336. The number of aliphatic hydroxyl groups is 1. The fraction of sp³-hybridized carbons (Fsp3) is 0.750. The number of amides is 1. The van der Waals surface area contributed by atoms with Gasteiger partial charge in [0.2, 0.25) is 5.91 Å². The second kappa shape index (κ2) is 4.80. The molecule has 2 saturated heterocycles. The van der Waals surface area contributed by atoms with E-state index in [0.717, 1.165) is 12.8 Å². The third-order valence-electron chi connectivity index (χ3n) is 5.85. The molecule has 3 rings (SSSR count). The molecule has 0 radical (unpaired) electrons. The van der Waals surface area contributed by atoms with Gasteiger partial charge in [-0.2, -0.15) is 0 Å². The zero-order chi connectivity index (χ0) is 16.2. The van der Waals surface area contributed by atoms with Crippen LogP contribution >= 0.6 is 0 Å². The van der Waals surface area contributed by atoms with E-state index in [1.165, 1.54) is 0 Å². The Bertz CT molecular complexity index is 547. The van der Waals surface area contributed by atoms with E-state index < -0.39 is 34.5 Å². The molecule has 3 N–H and O–H groups in total. The van der Waals surface area contributed by atoms with Gasteiger partial charge in [-0.15, -0.1) is 0 Å². The minimum atomic E-state index is -1.82. The lowest BCUT2D eigenvalue weighted by Gasteiger charge is -2.47. The standard InChI is InChI=1S/C16H23NO5/c1-14(7-4-3-5-8-14)12(19)16(13(20)21)15(2)10(6-9-22-15)11(18)17-16/h4,7,10,12,19H,3,5-6,8-9H2,1-2H3,(H,17,18)(H,20,21)/t10-,12-,14+,15-,16-/m0/s1. The first-order valence-electron chi connectivity index (χ1n) is 7.83. The number of carboxylic acids is 1. The fourth-order valence-corrected chi connectivity index (χ4v) is 4.42. The van der Waals surface area contributed by atoms with Crippen molar-refractivity contribution in [1.29, 1.82) is 0 Å². The summed E-state index contributed by atoms with van der Waals surface area (Å²) in [6, 6.07) is 0. The zero-order valence-corrected chi connectivity index (χ0v) is 13.0. The number of carbonyl (C=O) groups excluding carboxylic acids is 1. The molecule has 2 aliphatic heterocycles. The van der Waals surface area contributed by atoms with Crippen molar-refractivity contribution < 1.29 is 24.5 Å². The molecular formula is C16H23NO5. The van der Waals surface area contributed by atoms with E-state index in [1.54, 1.807) is 6.92 Å². The van der Waals surface area contributed by atoms with E-state index in [1.807, 2.05) is 19.1 Å². The highest BCUT2D eigenvalue weighted by molar-refractivity contribution is 5.96. The molecule has 0 aromatic heterocycles. The quantitative estimate of drug-likeness (QED) is 0.672. The van der Waals surface area contributed by atoms with E-state index in [-0.39, 0.29) is 5.91 Å². The molecule has 3 aliphatic rings. The molecule has 122 valence electrons. The van der Waals surface area contributed by atoms with Crippen molar-refractivity contribution in [3.63, 3.8) is 0 Å². The second-order valence-corrected chi connectivity index (χ2v) is 7.10. The first kappa shape index (κ1) is 15.5. The summed E-state index contributed by atoms with van der Waals surface area (Å²) in [5.74, 6) is -2.11. The number of rotatable bonds is 3. The molecule has 1 aliphatic carbocycles. The maximum Gasteiger partial charge on any atom is 0.335 e. The lowest BCUT2D eigenvalue weighted by atomic mass is 9.63. The maximum atomic E-state index is 12.3. The molecule has 0 saturated carbocycles.